The van der Waals surface area contributed by atoms with Crippen LogP contribution < -0.4 is 5.32 Å². The Bertz CT molecular complexity index is 1330. The molecule has 3 aromatic rings. The van der Waals surface area contributed by atoms with E-state index in [1.165, 1.54) is 6.07 Å². The molecule has 6 atom stereocenters. The van der Waals surface area contributed by atoms with Crippen molar-refractivity contribution in [3.8, 4) is 0 Å². The Labute approximate surface area is 243 Å². The minimum Gasteiger partial charge on any atom is -0.388 e. The quantitative estimate of drug-likeness (QED) is 0.115. The number of carbonyl (C=O) groups excluding carboxylic acids is 1. The van der Waals surface area contributed by atoms with Gasteiger partial charge in [-0.2, -0.15) is 0 Å². The maximum Gasteiger partial charge on any atom is 0.270 e. The van der Waals surface area contributed by atoms with Crippen molar-refractivity contribution in [2.45, 2.75) is 89.7 Å². The van der Waals surface area contributed by atoms with Gasteiger partial charge in [-0.1, -0.05) is 12.1 Å². The summed E-state index contributed by atoms with van der Waals surface area (Å²) in [6.45, 7) is 5.71. The molecule has 14 nitrogen and oxygen atoms in total. The standard InChI is InChI=1S/C28H40N6O8/c1-18(17-41-28-27(38)26(37)25(36)19(2)42-28)5-8-24(35)29-11-9-21-16-33(31-30-21)13-4-3-12-32-14-10-20-15-22(34(39)40)6-7-23(20)32/h6-7,10,14-16,18-19,25-28,36-38H,3-5,8-9,11-13,17H2,1-2H3,(H,29,35)/t18?,19?,25-,26?,27?,28-/m1/s1. The van der Waals surface area contributed by atoms with E-state index in [4.69, 9.17) is 9.47 Å². The highest BCUT2D eigenvalue weighted by Crippen LogP contribution is 2.23. The van der Waals surface area contributed by atoms with Crippen molar-refractivity contribution in [3.05, 3.63) is 52.5 Å². The molecule has 1 amide bonds. The van der Waals surface area contributed by atoms with Crippen LogP contribution in [0.1, 0.15) is 45.2 Å². The van der Waals surface area contributed by atoms with Crippen molar-refractivity contribution in [1.29, 1.82) is 0 Å². The molecule has 4 N–H and O–H groups in total. The van der Waals surface area contributed by atoms with Crippen LogP contribution in [-0.4, -0.2) is 89.6 Å². The molecular weight excluding hydrogens is 548 g/mol. The average molecular weight is 589 g/mol. The van der Waals surface area contributed by atoms with Gasteiger partial charge in [0.2, 0.25) is 5.91 Å². The van der Waals surface area contributed by atoms with E-state index in [9.17, 15) is 30.2 Å². The first kappa shape index (κ1) is 31.5. The van der Waals surface area contributed by atoms with Crippen LogP contribution in [0.4, 0.5) is 5.69 Å². The highest BCUT2D eigenvalue weighted by atomic mass is 16.7. The van der Waals surface area contributed by atoms with Crippen molar-refractivity contribution in [2.24, 2.45) is 5.92 Å². The zero-order valence-electron chi connectivity index (χ0n) is 23.9. The predicted molar refractivity (Wildman–Crippen MR) is 151 cm³/mol. The SMILES string of the molecule is CC(CCC(=O)NCCc1cn(CCCCn2ccc3cc([N+](=O)[O-])ccc32)nn1)CO[C@@H]1OC(C)[C@@H](O)C(O)C1O. The molecule has 1 aromatic carbocycles. The number of aryl methyl sites for hydroxylation is 2. The smallest absolute Gasteiger partial charge is 0.270 e. The number of amides is 1. The van der Waals surface area contributed by atoms with E-state index in [2.05, 4.69) is 20.2 Å². The van der Waals surface area contributed by atoms with E-state index in [0.29, 0.717) is 32.4 Å². The van der Waals surface area contributed by atoms with E-state index in [1.807, 2.05) is 25.4 Å². The summed E-state index contributed by atoms with van der Waals surface area (Å²) >= 11 is 0. The lowest BCUT2D eigenvalue weighted by atomic mass is 10.00. The third-order valence-electron chi connectivity index (χ3n) is 7.51. The van der Waals surface area contributed by atoms with Gasteiger partial charge >= 0.3 is 0 Å². The molecule has 4 unspecified atom stereocenters. The molecule has 3 heterocycles. The molecule has 1 aliphatic heterocycles. The Morgan fingerprint density at radius 2 is 1.98 bits per heavy atom. The lowest BCUT2D eigenvalue weighted by Crippen LogP contribution is -2.57. The molecule has 1 saturated heterocycles. The Morgan fingerprint density at radius 3 is 2.76 bits per heavy atom. The highest BCUT2D eigenvalue weighted by molar-refractivity contribution is 5.82. The first-order valence-corrected chi connectivity index (χ1v) is 14.3. The van der Waals surface area contributed by atoms with Crippen LogP contribution in [0.5, 0.6) is 0 Å². The molecule has 0 saturated carbocycles. The molecule has 1 aliphatic rings. The van der Waals surface area contributed by atoms with Crippen molar-refractivity contribution < 1.29 is 34.5 Å². The molecular formula is C28H40N6O8. The van der Waals surface area contributed by atoms with Crippen molar-refractivity contribution in [2.75, 3.05) is 13.2 Å². The van der Waals surface area contributed by atoms with E-state index < -0.39 is 30.7 Å². The highest BCUT2D eigenvalue weighted by Gasteiger charge is 2.42. The minimum atomic E-state index is -1.34. The molecule has 42 heavy (non-hydrogen) atoms. The molecule has 2 aromatic heterocycles. The fourth-order valence-electron chi connectivity index (χ4n) is 4.90. The number of nitrogens with zero attached hydrogens (tertiary/aromatic N) is 5. The Kier molecular flexibility index (Phi) is 11.0. The topological polar surface area (TPSA) is 187 Å². The summed E-state index contributed by atoms with van der Waals surface area (Å²) in [6.07, 6.45) is 1.53. The molecule has 0 spiro atoms. The number of fused-ring (bicyclic) bond motifs is 1. The van der Waals surface area contributed by atoms with Crippen LogP contribution >= 0.6 is 0 Å². The third kappa shape index (κ3) is 8.32. The van der Waals surface area contributed by atoms with Crippen molar-refractivity contribution >= 4 is 22.5 Å². The number of aliphatic hydroxyl groups is 3. The molecule has 230 valence electrons. The monoisotopic (exact) mass is 588 g/mol. The van der Waals surface area contributed by atoms with Gasteiger partial charge in [0, 0.05) is 67.9 Å². The number of benzene rings is 1. The van der Waals surface area contributed by atoms with Crippen LogP contribution in [0.2, 0.25) is 0 Å². The van der Waals surface area contributed by atoms with E-state index in [1.54, 1.807) is 23.7 Å². The van der Waals surface area contributed by atoms with Gasteiger partial charge in [0.15, 0.2) is 6.29 Å². The number of ether oxygens (including phenoxy) is 2. The number of hydrogen-bond donors (Lipinski definition) is 4. The summed E-state index contributed by atoms with van der Waals surface area (Å²) in [5, 5.41) is 52.8. The van der Waals surface area contributed by atoms with Crippen LogP contribution in [0, 0.1) is 16.0 Å². The molecule has 0 aliphatic carbocycles. The first-order chi connectivity index (χ1) is 20.1. The van der Waals surface area contributed by atoms with Gasteiger partial charge in [0.1, 0.15) is 18.3 Å². The molecule has 4 rings (SSSR count). The zero-order chi connectivity index (χ0) is 30.2. The summed E-state index contributed by atoms with van der Waals surface area (Å²) in [5.41, 5.74) is 1.85. The van der Waals surface area contributed by atoms with Crippen LogP contribution in [-0.2, 0) is 33.8 Å². The van der Waals surface area contributed by atoms with Gasteiger partial charge in [-0.25, -0.2) is 0 Å². The first-order valence-electron chi connectivity index (χ1n) is 14.3. The summed E-state index contributed by atoms with van der Waals surface area (Å²) in [6, 6.07) is 6.78. The number of hydrogen-bond acceptors (Lipinski definition) is 10. The van der Waals surface area contributed by atoms with Crippen LogP contribution in [0.25, 0.3) is 10.9 Å². The van der Waals surface area contributed by atoms with Gasteiger partial charge in [-0.05, 0) is 44.2 Å². The molecule has 14 heteroatoms. The van der Waals surface area contributed by atoms with Gasteiger partial charge in [-0.15, -0.1) is 5.10 Å². The summed E-state index contributed by atoms with van der Waals surface area (Å²) < 4.78 is 14.9. The number of nitrogens with one attached hydrogen (secondary N) is 1. The maximum absolute atomic E-state index is 12.3. The zero-order valence-corrected chi connectivity index (χ0v) is 23.9. The number of nitro benzene ring substituents is 1. The average Bonchev–Trinajstić information content (AvgIpc) is 3.60. The number of aliphatic hydroxyl groups excluding tert-OH is 3. The van der Waals surface area contributed by atoms with Gasteiger partial charge in [-0.3, -0.25) is 19.6 Å². The van der Waals surface area contributed by atoms with Crippen LogP contribution in [0.15, 0.2) is 36.7 Å². The largest absolute Gasteiger partial charge is 0.388 e. The Balaban J connectivity index is 1.08. The van der Waals surface area contributed by atoms with E-state index >= 15 is 0 Å². The molecule has 1 fully saturated rings. The second-order valence-electron chi connectivity index (χ2n) is 10.9. The molecule has 0 radical (unpaired) electrons. The van der Waals surface area contributed by atoms with Gasteiger partial charge in [0.05, 0.1) is 23.3 Å². The minimum absolute atomic E-state index is 0.0171. The maximum atomic E-state index is 12.3. The van der Waals surface area contributed by atoms with Crippen LogP contribution in [0.3, 0.4) is 0 Å². The summed E-state index contributed by atoms with van der Waals surface area (Å²) in [7, 11) is 0. The van der Waals surface area contributed by atoms with E-state index in [-0.39, 0.29) is 29.0 Å². The lowest BCUT2D eigenvalue weighted by molar-refractivity contribution is -0.384. The third-order valence-corrected chi connectivity index (χ3v) is 7.51. The fourth-order valence-corrected chi connectivity index (χ4v) is 4.90. The van der Waals surface area contributed by atoms with E-state index in [0.717, 1.165) is 36.0 Å². The van der Waals surface area contributed by atoms with Crippen molar-refractivity contribution in [3.63, 3.8) is 0 Å². The molecule has 0 bridgehead atoms. The number of carbonyl (C=O) groups is 1. The fraction of sp³-hybridized carbons (Fsp3) is 0.607. The Morgan fingerprint density at radius 1 is 1.19 bits per heavy atom. The number of nitro groups is 1. The second kappa shape index (κ2) is 14.6. The van der Waals surface area contributed by atoms with Gasteiger partial charge < -0.3 is 34.7 Å². The summed E-state index contributed by atoms with van der Waals surface area (Å²) in [5.74, 6) is -0.0640. The lowest BCUT2D eigenvalue weighted by Gasteiger charge is -2.39. The number of non-ortho nitro benzene ring substituents is 1. The normalized spacial score (nSPS) is 23.2. The second-order valence-corrected chi connectivity index (χ2v) is 10.9. The van der Waals surface area contributed by atoms with Crippen molar-refractivity contribution in [1.82, 2.24) is 24.9 Å². The van der Waals surface area contributed by atoms with Gasteiger partial charge in [0.25, 0.3) is 5.69 Å². The number of rotatable bonds is 15. The predicted octanol–water partition coefficient (Wildman–Crippen LogP) is 1.54. The summed E-state index contributed by atoms with van der Waals surface area (Å²) in [4.78, 5) is 22.9. The Hall–Kier alpha value is -3.43. The number of aromatic nitrogens is 4. The number of unbranched alkanes of at least 4 members (excludes halogenated alkanes) is 1.